The minimum atomic E-state index is -0.988. The summed E-state index contributed by atoms with van der Waals surface area (Å²) in [6.45, 7) is 3.03. The highest BCUT2D eigenvalue weighted by molar-refractivity contribution is 8.16. The largest absolute Gasteiger partial charge is 0.458 e. The van der Waals surface area contributed by atoms with Gasteiger partial charge in [0.2, 0.25) is 5.96 Å². The van der Waals surface area contributed by atoms with E-state index >= 15 is 0 Å². The van der Waals surface area contributed by atoms with E-state index in [1.54, 1.807) is 6.92 Å². The third-order valence-electron chi connectivity index (χ3n) is 4.09. The van der Waals surface area contributed by atoms with Crippen LogP contribution in [0, 0.1) is 0 Å². The molecule has 3 aliphatic heterocycles. The Kier molecular flexibility index (Phi) is 4.80. The lowest BCUT2D eigenvalue weighted by Crippen LogP contribution is -2.49. The lowest BCUT2D eigenvalue weighted by Gasteiger charge is -2.28. The standard InChI is InChI=1S/C14H18N4O6S/c1-3-6(20)7-4-8(23-5(2)19)12(24-7)18-10-9(25-14(18)22)11(21)17-13(15)16-10/h6-9,12,20H,3-4H2,1-2H3,(H2,15,17,21)/t6?,7-,8+,9?,12+/m0/s1. The number of ether oxygens (including phenoxy) is 2. The molecule has 0 radical (unpaired) electrons. The highest BCUT2D eigenvalue weighted by atomic mass is 32.2. The quantitative estimate of drug-likeness (QED) is 0.636. The fraction of sp³-hybridized carbons (Fsp3) is 0.643. The summed E-state index contributed by atoms with van der Waals surface area (Å²) in [6.07, 6.45) is -2.49. The number of aliphatic hydroxyl groups excluding tert-OH is 1. The molecule has 0 spiro atoms. The van der Waals surface area contributed by atoms with Crippen molar-refractivity contribution in [2.24, 2.45) is 15.7 Å². The van der Waals surface area contributed by atoms with E-state index in [0.29, 0.717) is 6.42 Å². The first-order valence-electron chi connectivity index (χ1n) is 7.79. The monoisotopic (exact) mass is 370 g/mol. The molecule has 0 aromatic rings. The summed E-state index contributed by atoms with van der Waals surface area (Å²) in [6, 6.07) is 0. The molecule has 3 N–H and O–H groups in total. The summed E-state index contributed by atoms with van der Waals surface area (Å²) in [5, 5.41) is 8.69. The first-order chi connectivity index (χ1) is 11.8. The molecule has 0 saturated carbocycles. The maximum absolute atomic E-state index is 12.4. The number of fused-ring (bicyclic) bond motifs is 1. The molecule has 2 unspecified atom stereocenters. The van der Waals surface area contributed by atoms with Crippen molar-refractivity contribution >= 4 is 40.7 Å². The zero-order chi connectivity index (χ0) is 18.3. The van der Waals surface area contributed by atoms with Crippen LogP contribution in [-0.4, -0.2) is 68.7 Å². The molecule has 0 bridgehead atoms. The second-order valence-electron chi connectivity index (χ2n) is 5.84. The zero-order valence-electron chi connectivity index (χ0n) is 13.6. The van der Waals surface area contributed by atoms with E-state index in [4.69, 9.17) is 15.2 Å². The Balaban J connectivity index is 1.91. The minimum Gasteiger partial charge on any atom is -0.458 e. The highest BCUT2D eigenvalue weighted by Gasteiger charge is 2.53. The van der Waals surface area contributed by atoms with Gasteiger partial charge in [0.15, 0.2) is 11.5 Å². The Labute approximate surface area is 147 Å². The number of thioether (sulfide) groups is 1. The van der Waals surface area contributed by atoms with E-state index in [2.05, 4.69) is 9.98 Å². The van der Waals surface area contributed by atoms with E-state index < -0.39 is 46.9 Å². The summed E-state index contributed by atoms with van der Waals surface area (Å²) in [5.41, 5.74) is 5.53. The first-order valence-corrected chi connectivity index (χ1v) is 8.67. The Bertz CT molecular complexity index is 680. The van der Waals surface area contributed by atoms with Gasteiger partial charge in [-0.05, 0) is 18.2 Å². The fourth-order valence-electron chi connectivity index (χ4n) is 2.98. The fourth-order valence-corrected chi connectivity index (χ4v) is 3.91. The van der Waals surface area contributed by atoms with Crippen molar-refractivity contribution in [1.82, 2.24) is 4.90 Å². The van der Waals surface area contributed by atoms with Gasteiger partial charge in [0.25, 0.3) is 11.1 Å². The average molecular weight is 370 g/mol. The number of hydrogen-bond acceptors (Lipinski definition) is 9. The number of hydrogen-bond donors (Lipinski definition) is 2. The van der Waals surface area contributed by atoms with Crippen molar-refractivity contribution in [3.8, 4) is 0 Å². The molecule has 0 aromatic carbocycles. The van der Waals surface area contributed by atoms with Crippen LogP contribution in [-0.2, 0) is 19.1 Å². The molecule has 3 heterocycles. The normalized spacial score (nSPS) is 33.0. The molecule has 25 heavy (non-hydrogen) atoms. The van der Waals surface area contributed by atoms with Crippen LogP contribution < -0.4 is 5.73 Å². The molecule has 2 saturated heterocycles. The molecule has 2 amide bonds. The third kappa shape index (κ3) is 3.26. The number of carbonyl (C=O) groups excluding carboxylic acids is 3. The maximum atomic E-state index is 12.4. The molecule has 10 nitrogen and oxygen atoms in total. The van der Waals surface area contributed by atoms with Crippen LogP contribution in [0.5, 0.6) is 0 Å². The van der Waals surface area contributed by atoms with Crippen molar-refractivity contribution in [1.29, 1.82) is 0 Å². The number of amidine groups is 1. The van der Waals surface area contributed by atoms with Gasteiger partial charge in [-0.1, -0.05) is 6.92 Å². The van der Waals surface area contributed by atoms with Gasteiger partial charge < -0.3 is 20.3 Å². The SMILES string of the molecule is CCC(O)[C@@H]1C[C@@H](OC(C)=O)[C@H](N2C(=O)SC3C(=O)N=C(N)N=C32)O1. The lowest BCUT2D eigenvalue weighted by atomic mass is 10.1. The predicted octanol–water partition coefficient (Wildman–Crippen LogP) is -0.405. The van der Waals surface area contributed by atoms with Gasteiger partial charge in [0.1, 0.15) is 11.9 Å². The van der Waals surface area contributed by atoms with Crippen LogP contribution in [0.4, 0.5) is 4.79 Å². The number of nitrogens with zero attached hydrogens (tertiary/aromatic N) is 3. The molecule has 5 atom stereocenters. The van der Waals surface area contributed by atoms with E-state index in [9.17, 15) is 19.5 Å². The third-order valence-corrected chi connectivity index (χ3v) is 5.14. The molecule has 0 aromatic heterocycles. The number of amides is 2. The van der Waals surface area contributed by atoms with E-state index in [1.165, 1.54) is 11.8 Å². The Morgan fingerprint density at radius 1 is 1.52 bits per heavy atom. The summed E-state index contributed by atoms with van der Waals surface area (Å²) < 4.78 is 11.1. The topological polar surface area (TPSA) is 144 Å². The van der Waals surface area contributed by atoms with Crippen LogP contribution in [0.2, 0.25) is 0 Å². The summed E-state index contributed by atoms with van der Waals surface area (Å²) >= 11 is 0.752. The molecule has 0 aliphatic carbocycles. The Hall–Kier alpha value is -1.98. The number of rotatable bonds is 4. The Morgan fingerprint density at radius 3 is 2.88 bits per heavy atom. The second kappa shape index (κ2) is 6.73. The van der Waals surface area contributed by atoms with E-state index in [0.717, 1.165) is 11.8 Å². The van der Waals surface area contributed by atoms with Gasteiger partial charge in [-0.2, -0.15) is 9.98 Å². The number of aliphatic hydroxyl groups is 1. The molecule has 3 aliphatic rings. The number of guanidine groups is 1. The van der Waals surface area contributed by atoms with E-state index in [1.807, 2.05) is 0 Å². The minimum absolute atomic E-state index is 0.112. The van der Waals surface area contributed by atoms with Crippen LogP contribution in [0.15, 0.2) is 9.98 Å². The summed E-state index contributed by atoms with van der Waals surface area (Å²) in [7, 11) is 0. The van der Waals surface area contributed by atoms with Gasteiger partial charge in [-0.15, -0.1) is 0 Å². The van der Waals surface area contributed by atoms with Crippen molar-refractivity contribution < 1.29 is 29.0 Å². The van der Waals surface area contributed by atoms with Crippen LogP contribution >= 0.6 is 11.8 Å². The summed E-state index contributed by atoms with van der Waals surface area (Å²) in [5.74, 6) is -1.25. The van der Waals surface area contributed by atoms with Crippen molar-refractivity contribution in [2.45, 2.75) is 56.5 Å². The van der Waals surface area contributed by atoms with Gasteiger partial charge in [0, 0.05) is 13.3 Å². The second-order valence-corrected chi connectivity index (χ2v) is 6.89. The first kappa shape index (κ1) is 17.8. The molecule has 11 heteroatoms. The Morgan fingerprint density at radius 2 is 2.24 bits per heavy atom. The average Bonchev–Trinajstić information content (AvgIpc) is 3.06. The lowest BCUT2D eigenvalue weighted by molar-refractivity contribution is -0.152. The molecule has 136 valence electrons. The smallest absolute Gasteiger partial charge is 0.303 e. The molecule has 3 rings (SSSR count). The highest BCUT2D eigenvalue weighted by Crippen LogP contribution is 2.38. The number of esters is 1. The molecular formula is C14H18N4O6S. The maximum Gasteiger partial charge on any atom is 0.303 e. The number of nitrogens with two attached hydrogens (primary N) is 1. The number of carbonyl (C=O) groups is 3. The van der Waals surface area contributed by atoms with Crippen molar-refractivity contribution in [3.63, 3.8) is 0 Å². The zero-order valence-corrected chi connectivity index (χ0v) is 14.4. The van der Waals surface area contributed by atoms with Gasteiger partial charge >= 0.3 is 5.97 Å². The van der Waals surface area contributed by atoms with Crippen LogP contribution in [0.3, 0.4) is 0 Å². The van der Waals surface area contributed by atoms with Gasteiger partial charge in [-0.25, -0.2) is 0 Å². The molecular weight excluding hydrogens is 352 g/mol. The van der Waals surface area contributed by atoms with Gasteiger partial charge in [-0.3, -0.25) is 19.3 Å². The van der Waals surface area contributed by atoms with Crippen LogP contribution in [0.25, 0.3) is 0 Å². The predicted molar refractivity (Wildman–Crippen MR) is 87.8 cm³/mol. The van der Waals surface area contributed by atoms with Gasteiger partial charge in [0.05, 0.1) is 12.2 Å². The molecule has 2 fully saturated rings. The number of aliphatic imine (C=N–C) groups is 2. The van der Waals surface area contributed by atoms with Crippen LogP contribution in [0.1, 0.15) is 26.7 Å². The van der Waals surface area contributed by atoms with E-state index in [-0.39, 0.29) is 18.2 Å². The summed E-state index contributed by atoms with van der Waals surface area (Å²) in [4.78, 5) is 44.5. The van der Waals surface area contributed by atoms with Crippen molar-refractivity contribution in [3.05, 3.63) is 0 Å². The van der Waals surface area contributed by atoms with Crippen molar-refractivity contribution in [2.75, 3.05) is 0 Å².